The van der Waals surface area contributed by atoms with E-state index in [1.807, 2.05) is 18.2 Å². The van der Waals surface area contributed by atoms with Gasteiger partial charge in [0.2, 0.25) is 0 Å². The average molecular weight is 444 g/mol. The Hall–Kier alpha value is -3.57. The molecule has 1 heterocycles. The highest BCUT2D eigenvalue weighted by molar-refractivity contribution is 5.91. The molecular formula is C28H29NO4. The number of phenols is 1. The second-order valence-electron chi connectivity index (χ2n) is 8.23. The van der Waals surface area contributed by atoms with E-state index in [2.05, 4.69) is 53.4 Å². The number of fused-ring (bicyclic) bond motifs is 2. The van der Waals surface area contributed by atoms with Crippen LogP contribution in [-0.2, 0) is 11.2 Å². The van der Waals surface area contributed by atoms with E-state index in [0.29, 0.717) is 18.8 Å². The van der Waals surface area contributed by atoms with Crippen LogP contribution < -0.4 is 4.74 Å². The van der Waals surface area contributed by atoms with Gasteiger partial charge in [0.25, 0.3) is 6.47 Å². The average Bonchev–Trinajstić information content (AvgIpc) is 3.36. The summed E-state index contributed by atoms with van der Waals surface area (Å²) in [6.07, 6.45) is 3.22. The van der Waals surface area contributed by atoms with Gasteiger partial charge >= 0.3 is 0 Å². The lowest BCUT2D eigenvalue weighted by molar-refractivity contribution is -0.122. The first-order chi connectivity index (χ1) is 16.2. The molecular weight excluding hydrogens is 414 g/mol. The number of rotatable bonds is 6. The molecule has 1 aliphatic rings. The van der Waals surface area contributed by atoms with Gasteiger partial charge in [0, 0.05) is 24.1 Å². The monoisotopic (exact) mass is 443 g/mol. The molecule has 170 valence electrons. The molecule has 0 aliphatic carbocycles. The molecule has 1 fully saturated rings. The van der Waals surface area contributed by atoms with E-state index in [0.717, 1.165) is 34.2 Å². The Morgan fingerprint density at radius 3 is 2.06 bits per heavy atom. The summed E-state index contributed by atoms with van der Waals surface area (Å²) in [5.41, 5.74) is 2.09. The minimum absolute atomic E-state index is 0.250. The Bertz CT molecular complexity index is 1230. The van der Waals surface area contributed by atoms with Gasteiger partial charge in [0.1, 0.15) is 18.1 Å². The molecule has 0 bridgehead atoms. The van der Waals surface area contributed by atoms with E-state index < -0.39 is 0 Å². The minimum atomic E-state index is -0.250. The van der Waals surface area contributed by atoms with Crippen molar-refractivity contribution in [1.29, 1.82) is 0 Å². The number of aromatic hydroxyl groups is 1. The Balaban J connectivity index is 0.000000821. The highest BCUT2D eigenvalue weighted by Gasteiger charge is 2.16. The van der Waals surface area contributed by atoms with Gasteiger partial charge in [0.05, 0.1) is 0 Å². The lowest BCUT2D eigenvalue weighted by atomic mass is 9.93. The second kappa shape index (κ2) is 10.8. The zero-order valence-corrected chi connectivity index (χ0v) is 18.6. The lowest BCUT2D eigenvalue weighted by Gasteiger charge is -2.19. The Labute approximate surface area is 193 Å². The molecule has 1 saturated heterocycles. The summed E-state index contributed by atoms with van der Waals surface area (Å²) in [6.45, 7) is 3.76. The Morgan fingerprint density at radius 2 is 1.39 bits per heavy atom. The Morgan fingerprint density at radius 1 is 0.818 bits per heavy atom. The van der Waals surface area contributed by atoms with E-state index in [-0.39, 0.29) is 6.47 Å². The van der Waals surface area contributed by atoms with Crippen LogP contribution in [0.1, 0.15) is 24.0 Å². The largest absolute Gasteiger partial charge is 0.508 e. The molecule has 5 nitrogen and oxygen atoms in total. The molecule has 0 amide bonds. The molecule has 0 atom stereocenters. The van der Waals surface area contributed by atoms with Crippen molar-refractivity contribution < 1.29 is 19.7 Å². The van der Waals surface area contributed by atoms with Gasteiger partial charge in [-0.1, -0.05) is 60.7 Å². The molecule has 33 heavy (non-hydrogen) atoms. The van der Waals surface area contributed by atoms with E-state index >= 15 is 0 Å². The van der Waals surface area contributed by atoms with Crippen molar-refractivity contribution in [2.75, 3.05) is 26.2 Å². The van der Waals surface area contributed by atoms with Crippen molar-refractivity contribution in [3.63, 3.8) is 0 Å². The van der Waals surface area contributed by atoms with E-state index in [1.165, 1.54) is 36.7 Å². The fourth-order valence-electron chi connectivity index (χ4n) is 4.61. The summed E-state index contributed by atoms with van der Waals surface area (Å²) < 4.78 is 6.31. The molecule has 4 aromatic carbocycles. The number of hydrogen-bond acceptors (Lipinski definition) is 4. The van der Waals surface area contributed by atoms with Crippen molar-refractivity contribution in [3.8, 4) is 11.5 Å². The molecule has 0 saturated carbocycles. The molecule has 5 heteroatoms. The van der Waals surface area contributed by atoms with Gasteiger partial charge in [-0.2, -0.15) is 0 Å². The first-order valence-electron chi connectivity index (χ1n) is 11.3. The lowest BCUT2D eigenvalue weighted by Crippen LogP contribution is -2.25. The fourth-order valence-corrected chi connectivity index (χ4v) is 4.61. The van der Waals surface area contributed by atoms with Crippen LogP contribution in [0.25, 0.3) is 21.5 Å². The molecule has 0 spiro atoms. The minimum Gasteiger partial charge on any atom is -0.508 e. The van der Waals surface area contributed by atoms with Gasteiger partial charge in [-0.3, -0.25) is 9.69 Å². The summed E-state index contributed by atoms with van der Waals surface area (Å²) in [4.78, 5) is 10.8. The highest BCUT2D eigenvalue weighted by Crippen LogP contribution is 2.35. The third-order valence-electron chi connectivity index (χ3n) is 6.23. The fraction of sp³-hybridized carbons (Fsp3) is 0.250. The number of benzene rings is 4. The highest BCUT2D eigenvalue weighted by atomic mass is 16.5. The van der Waals surface area contributed by atoms with Crippen LogP contribution in [0.15, 0.2) is 72.8 Å². The molecule has 5 rings (SSSR count). The van der Waals surface area contributed by atoms with Gasteiger partial charge in [0.15, 0.2) is 0 Å². The summed E-state index contributed by atoms with van der Waals surface area (Å²) in [6, 6.07) is 24.7. The molecule has 0 aromatic heterocycles. The number of nitrogens with zero attached hydrogens (tertiary/aromatic N) is 1. The van der Waals surface area contributed by atoms with Gasteiger partial charge in [-0.15, -0.1) is 0 Å². The first kappa shape index (κ1) is 22.6. The number of hydrogen-bond donors (Lipinski definition) is 2. The van der Waals surface area contributed by atoms with Gasteiger partial charge in [-0.25, -0.2) is 0 Å². The predicted molar refractivity (Wildman–Crippen MR) is 132 cm³/mol. The SMILES string of the molecule is O=CO.Oc1ccc2ccccc2c1Cc1c(OCCN2CCCC2)ccc2ccccc12. The van der Waals surface area contributed by atoms with Crippen molar-refractivity contribution in [3.05, 3.63) is 83.9 Å². The maximum Gasteiger partial charge on any atom is 0.290 e. The number of likely N-dealkylation sites (tertiary alicyclic amines) is 1. The zero-order chi connectivity index (χ0) is 23.0. The smallest absolute Gasteiger partial charge is 0.290 e. The quantitative estimate of drug-likeness (QED) is 0.387. The van der Waals surface area contributed by atoms with E-state index in [9.17, 15) is 5.11 Å². The molecule has 0 unspecified atom stereocenters. The molecule has 2 N–H and O–H groups in total. The predicted octanol–water partition coefficient (Wildman–Crippen LogP) is 5.46. The van der Waals surface area contributed by atoms with Crippen LogP contribution in [0, 0.1) is 0 Å². The number of carbonyl (C=O) groups is 1. The van der Waals surface area contributed by atoms with Crippen molar-refractivity contribution in [2.45, 2.75) is 19.3 Å². The third-order valence-corrected chi connectivity index (χ3v) is 6.23. The van der Waals surface area contributed by atoms with E-state index in [4.69, 9.17) is 14.6 Å². The van der Waals surface area contributed by atoms with Crippen molar-refractivity contribution in [1.82, 2.24) is 4.90 Å². The van der Waals surface area contributed by atoms with Crippen molar-refractivity contribution in [2.24, 2.45) is 0 Å². The van der Waals surface area contributed by atoms with Crippen LogP contribution in [0.3, 0.4) is 0 Å². The van der Waals surface area contributed by atoms with Crippen LogP contribution in [0.2, 0.25) is 0 Å². The van der Waals surface area contributed by atoms with Crippen LogP contribution in [0.5, 0.6) is 11.5 Å². The molecule has 4 aromatic rings. The normalized spacial score (nSPS) is 13.6. The van der Waals surface area contributed by atoms with Gasteiger partial charge < -0.3 is 14.9 Å². The topological polar surface area (TPSA) is 70.0 Å². The Kier molecular flexibility index (Phi) is 7.43. The zero-order valence-electron chi connectivity index (χ0n) is 18.6. The van der Waals surface area contributed by atoms with Crippen LogP contribution in [-0.4, -0.2) is 47.8 Å². The summed E-state index contributed by atoms with van der Waals surface area (Å²) in [7, 11) is 0. The standard InChI is InChI=1S/C27H27NO2.CH2O2/c29-26-13-11-20-7-1-3-9-22(20)24(26)19-25-23-10-4-2-8-21(23)12-14-27(25)30-18-17-28-15-5-6-16-28;2-1-3/h1-4,7-14,29H,5-6,15-19H2;1H,(H,2,3). The summed E-state index contributed by atoms with van der Waals surface area (Å²) in [5.74, 6) is 1.25. The maximum atomic E-state index is 10.7. The second-order valence-corrected chi connectivity index (χ2v) is 8.23. The van der Waals surface area contributed by atoms with Gasteiger partial charge in [-0.05, 0) is 59.6 Å². The van der Waals surface area contributed by atoms with Crippen molar-refractivity contribution >= 4 is 28.0 Å². The summed E-state index contributed by atoms with van der Waals surface area (Å²) >= 11 is 0. The summed E-state index contributed by atoms with van der Waals surface area (Å²) in [5, 5.41) is 22.2. The number of ether oxygens (including phenoxy) is 1. The van der Waals surface area contributed by atoms with Crippen LogP contribution >= 0.6 is 0 Å². The number of phenolic OH excluding ortho intramolecular Hbond substituents is 1. The molecule has 0 radical (unpaired) electrons. The molecule has 1 aliphatic heterocycles. The number of carboxylic acid groups (broad SMARTS) is 1. The third kappa shape index (κ3) is 5.26. The first-order valence-corrected chi connectivity index (χ1v) is 11.3. The maximum absolute atomic E-state index is 10.7. The van der Waals surface area contributed by atoms with Crippen LogP contribution in [0.4, 0.5) is 0 Å². The van der Waals surface area contributed by atoms with E-state index in [1.54, 1.807) is 6.07 Å².